The molecule has 0 radical (unpaired) electrons. The molecule has 6 heteroatoms. The Morgan fingerprint density at radius 1 is 1.18 bits per heavy atom. The summed E-state index contributed by atoms with van der Waals surface area (Å²) < 4.78 is 0. The largest absolute Gasteiger partial charge is 0.271 e. The number of hydrazone groups is 1. The lowest BCUT2D eigenvalue weighted by atomic mass is 10.0. The minimum atomic E-state index is -0.314. The fourth-order valence-corrected chi connectivity index (χ4v) is 2.32. The van der Waals surface area contributed by atoms with E-state index < -0.39 is 0 Å². The van der Waals surface area contributed by atoms with Crippen LogP contribution in [0.15, 0.2) is 59.8 Å². The van der Waals surface area contributed by atoms with Gasteiger partial charge >= 0.3 is 0 Å². The molecule has 112 valence electrons. The Bertz CT molecular complexity index is 644. The minimum absolute atomic E-state index is 0.122. The molecule has 1 fully saturated rings. The van der Waals surface area contributed by atoms with Gasteiger partial charge in [-0.25, -0.2) is 16.3 Å². The van der Waals surface area contributed by atoms with Crippen LogP contribution >= 0.6 is 0 Å². The van der Waals surface area contributed by atoms with Gasteiger partial charge in [-0.1, -0.05) is 36.4 Å². The Kier molecular flexibility index (Phi) is 4.53. The highest BCUT2D eigenvalue weighted by molar-refractivity contribution is 5.84. The first-order valence-electron chi connectivity index (χ1n) is 7.13. The molecule has 0 spiro atoms. The van der Waals surface area contributed by atoms with Crippen LogP contribution in [0.2, 0.25) is 0 Å². The lowest BCUT2D eigenvalue weighted by Gasteiger charge is -2.08. The summed E-state index contributed by atoms with van der Waals surface area (Å²) in [5, 5.41) is 3.93. The standard InChI is InChI=1S/C16H17N5O/c22-16(21-18-11-13-8-4-5-9-17-13)15-10-14(19-20-15)12-6-2-1-3-7-12/h1-9,11,14-15,19-20H,10H2,(H,21,22)/b18-11+. The van der Waals surface area contributed by atoms with Crippen molar-refractivity contribution in [3.63, 3.8) is 0 Å². The first kappa shape index (κ1) is 14.4. The molecular formula is C16H17N5O. The maximum absolute atomic E-state index is 12.1. The molecule has 1 saturated heterocycles. The van der Waals surface area contributed by atoms with E-state index in [4.69, 9.17) is 0 Å². The van der Waals surface area contributed by atoms with Gasteiger partial charge in [-0.2, -0.15) is 5.10 Å². The van der Waals surface area contributed by atoms with Crippen molar-refractivity contribution in [2.75, 3.05) is 0 Å². The van der Waals surface area contributed by atoms with Gasteiger partial charge < -0.3 is 0 Å². The van der Waals surface area contributed by atoms with Gasteiger partial charge in [-0.05, 0) is 24.1 Å². The summed E-state index contributed by atoms with van der Waals surface area (Å²) in [4.78, 5) is 16.2. The number of nitrogens with one attached hydrogen (secondary N) is 3. The van der Waals surface area contributed by atoms with E-state index in [-0.39, 0.29) is 18.0 Å². The number of hydrogen-bond acceptors (Lipinski definition) is 5. The van der Waals surface area contributed by atoms with Gasteiger partial charge in [-0.15, -0.1) is 0 Å². The molecule has 2 heterocycles. The quantitative estimate of drug-likeness (QED) is 0.584. The molecule has 2 unspecified atom stereocenters. The molecule has 3 N–H and O–H groups in total. The van der Waals surface area contributed by atoms with Crippen molar-refractivity contribution in [2.24, 2.45) is 5.10 Å². The van der Waals surface area contributed by atoms with Crippen molar-refractivity contribution in [2.45, 2.75) is 18.5 Å². The highest BCUT2D eigenvalue weighted by atomic mass is 16.2. The molecular weight excluding hydrogens is 278 g/mol. The van der Waals surface area contributed by atoms with Gasteiger partial charge in [-0.3, -0.25) is 9.78 Å². The van der Waals surface area contributed by atoms with Crippen molar-refractivity contribution in [1.82, 2.24) is 21.3 Å². The normalized spacial score (nSPS) is 21.1. The number of pyridine rings is 1. The maximum Gasteiger partial charge on any atom is 0.258 e. The Hall–Kier alpha value is -2.57. The zero-order valence-electron chi connectivity index (χ0n) is 11.9. The molecule has 1 aliphatic rings. The van der Waals surface area contributed by atoms with Crippen LogP contribution in [-0.2, 0) is 4.79 Å². The van der Waals surface area contributed by atoms with Crippen LogP contribution in [0.5, 0.6) is 0 Å². The molecule has 2 atom stereocenters. The van der Waals surface area contributed by atoms with E-state index in [9.17, 15) is 4.79 Å². The zero-order chi connectivity index (χ0) is 15.2. The third kappa shape index (κ3) is 3.55. The third-order valence-electron chi connectivity index (χ3n) is 3.48. The molecule has 1 amide bonds. The number of nitrogens with zero attached hydrogens (tertiary/aromatic N) is 2. The van der Waals surface area contributed by atoms with E-state index >= 15 is 0 Å². The second-order valence-electron chi connectivity index (χ2n) is 5.03. The smallest absolute Gasteiger partial charge is 0.258 e. The second-order valence-corrected chi connectivity index (χ2v) is 5.03. The topological polar surface area (TPSA) is 78.4 Å². The number of amides is 1. The van der Waals surface area contributed by atoms with Gasteiger partial charge in [0.25, 0.3) is 5.91 Å². The molecule has 0 aliphatic carbocycles. The van der Waals surface area contributed by atoms with Crippen LogP contribution in [-0.4, -0.2) is 23.1 Å². The molecule has 0 saturated carbocycles. The van der Waals surface area contributed by atoms with Gasteiger partial charge in [0, 0.05) is 12.2 Å². The molecule has 1 aliphatic heterocycles. The number of hydrogen-bond donors (Lipinski definition) is 3. The number of carbonyl (C=O) groups is 1. The van der Waals surface area contributed by atoms with E-state index in [2.05, 4.69) is 26.4 Å². The van der Waals surface area contributed by atoms with Crippen LogP contribution in [0.25, 0.3) is 0 Å². The summed E-state index contributed by atoms with van der Waals surface area (Å²) in [6, 6.07) is 15.3. The molecule has 22 heavy (non-hydrogen) atoms. The van der Waals surface area contributed by atoms with Crippen LogP contribution in [0, 0.1) is 0 Å². The van der Waals surface area contributed by atoms with Crippen LogP contribution in [0.4, 0.5) is 0 Å². The Morgan fingerprint density at radius 2 is 2.00 bits per heavy atom. The van der Waals surface area contributed by atoms with Gasteiger partial charge in [0.05, 0.1) is 11.9 Å². The summed E-state index contributed by atoms with van der Waals surface area (Å²) >= 11 is 0. The van der Waals surface area contributed by atoms with Crippen molar-refractivity contribution in [3.05, 3.63) is 66.0 Å². The minimum Gasteiger partial charge on any atom is -0.271 e. The number of aromatic nitrogens is 1. The average Bonchev–Trinajstić information content (AvgIpc) is 3.07. The van der Waals surface area contributed by atoms with Crippen LogP contribution < -0.4 is 16.3 Å². The lowest BCUT2D eigenvalue weighted by Crippen LogP contribution is -2.41. The van der Waals surface area contributed by atoms with Gasteiger partial charge in [0.2, 0.25) is 0 Å². The SMILES string of the molecule is O=C(N/N=C/c1ccccn1)C1CC(c2ccccc2)NN1. The number of benzene rings is 1. The van der Waals surface area contributed by atoms with Crippen molar-refractivity contribution in [3.8, 4) is 0 Å². The number of hydrazine groups is 1. The molecule has 6 nitrogen and oxygen atoms in total. The maximum atomic E-state index is 12.1. The van der Waals surface area contributed by atoms with Crippen molar-refractivity contribution >= 4 is 12.1 Å². The predicted molar refractivity (Wildman–Crippen MR) is 83.8 cm³/mol. The molecule has 2 aromatic rings. The van der Waals surface area contributed by atoms with E-state index in [0.717, 1.165) is 5.56 Å². The zero-order valence-corrected chi connectivity index (χ0v) is 11.9. The van der Waals surface area contributed by atoms with Crippen molar-refractivity contribution < 1.29 is 4.79 Å². The number of carbonyl (C=O) groups excluding carboxylic acids is 1. The van der Waals surface area contributed by atoms with E-state index in [1.165, 1.54) is 6.21 Å². The Labute approximate surface area is 128 Å². The highest BCUT2D eigenvalue weighted by Crippen LogP contribution is 2.21. The Morgan fingerprint density at radius 3 is 2.77 bits per heavy atom. The van der Waals surface area contributed by atoms with Crippen LogP contribution in [0.1, 0.15) is 23.7 Å². The summed E-state index contributed by atoms with van der Waals surface area (Å²) in [5.74, 6) is -0.168. The highest BCUT2D eigenvalue weighted by Gasteiger charge is 2.29. The van der Waals surface area contributed by atoms with E-state index in [1.54, 1.807) is 6.20 Å². The predicted octanol–water partition coefficient (Wildman–Crippen LogP) is 1.14. The molecule has 3 rings (SSSR count). The monoisotopic (exact) mass is 295 g/mol. The summed E-state index contributed by atoms with van der Waals surface area (Å²) in [6.45, 7) is 0. The first-order chi connectivity index (χ1) is 10.8. The van der Waals surface area contributed by atoms with Crippen LogP contribution in [0.3, 0.4) is 0 Å². The fraction of sp³-hybridized carbons (Fsp3) is 0.188. The number of rotatable bonds is 4. The third-order valence-corrected chi connectivity index (χ3v) is 3.48. The fourth-order valence-electron chi connectivity index (χ4n) is 2.32. The average molecular weight is 295 g/mol. The van der Waals surface area contributed by atoms with Gasteiger partial charge in [0.15, 0.2) is 0 Å². The van der Waals surface area contributed by atoms with Gasteiger partial charge in [0.1, 0.15) is 6.04 Å². The lowest BCUT2D eigenvalue weighted by molar-refractivity contribution is -0.122. The van der Waals surface area contributed by atoms with Crippen molar-refractivity contribution in [1.29, 1.82) is 0 Å². The molecule has 0 bridgehead atoms. The molecule has 1 aromatic carbocycles. The summed E-state index contributed by atoms with van der Waals surface area (Å²) in [6.07, 6.45) is 3.87. The van der Waals surface area contributed by atoms with E-state index in [0.29, 0.717) is 12.1 Å². The van der Waals surface area contributed by atoms with E-state index in [1.807, 2.05) is 48.5 Å². The molecule has 1 aromatic heterocycles. The summed E-state index contributed by atoms with van der Waals surface area (Å²) in [7, 11) is 0. The first-order valence-corrected chi connectivity index (χ1v) is 7.13. The Balaban J connectivity index is 1.53. The second kappa shape index (κ2) is 6.93. The summed E-state index contributed by atoms with van der Waals surface area (Å²) in [5.41, 5.74) is 10.5.